The van der Waals surface area contributed by atoms with Gasteiger partial charge in [-0.1, -0.05) is 30.3 Å². The molecule has 0 spiro atoms. The fourth-order valence-corrected chi connectivity index (χ4v) is 3.75. The van der Waals surface area contributed by atoms with Gasteiger partial charge < -0.3 is 14.6 Å². The van der Waals surface area contributed by atoms with Crippen molar-refractivity contribution in [3.8, 4) is 6.07 Å². The zero-order valence-electron chi connectivity index (χ0n) is 11.6. The van der Waals surface area contributed by atoms with Gasteiger partial charge in [0.1, 0.15) is 11.0 Å². The first kappa shape index (κ1) is 13.6. The molecule has 1 aromatic rings. The van der Waals surface area contributed by atoms with E-state index in [4.69, 9.17) is 9.47 Å². The van der Waals surface area contributed by atoms with Crippen LogP contribution in [-0.4, -0.2) is 31.0 Å². The van der Waals surface area contributed by atoms with Gasteiger partial charge in [-0.05, 0) is 24.8 Å². The Kier molecular flexibility index (Phi) is 3.29. The Balaban J connectivity index is 2.08. The van der Waals surface area contributed by atoms with Gasteiger partial charge in [-0.25, -0.2) is 0 Å². The van der Waals surface area contributed by atoms with Crippen molar-refractivity contribution in [3.05, 3.63) is 35.9 Å². The fraction of sp³-hybridized carbons (Fsp3) is 0.562. The molecule has 0 amide bonds. The lowest BCUT2D eigenvalue weighted by atomic mass is 9.62. The second-order valence-electron chi connectivity index (χ2n) is 5.77. The molecule has 20 heavy (non-hydrogen) atoms. The monoisotopic (exact) mass is 273 g/mol. The summed E-state index contributed by atoms with van der Waals surface area (Å²) in [4.78, 5) is 0. The van der Waals surface area contributed by atoms with Gasteiger partial charge in [0.25, 0.3) is 0 Å². The lowest BCUT2D eigenvalue weighted by Gasteiger charge is -2.43. The quantitative estimate of drug-likeness (QED) is 0.911. The van der Waals surface area contributed by atoms with Crippen LogP contribution in [0.25, 0.3) is 0 Å². The maximum atomic E-state index is 11.3. The smallest absolute Gasteiger partial charge is 0.134 e. The molecule has 0 aliphatic carbocycles. The first-order valence-corrected chi connectivity index (χ1v) is 7.00. The predicted molar refractivity (Wildman–Crippen MR) is 72.8 cm³/mol. The summed E-state index contributed by atoms with van der Waals surface area (Å²) in [6.07, 6.45) is 2.26. The van der Waals surface area contributed by atoms with E-state index in [1.54, 1.807) is 7.11 Å². The summed E-state index contributed by atoms with van der Waals surface area (Å²) in [5.74, 6) is 0. The number of hydrogen-bond acceptors (Lipinski definition) is 4. The van der Waals surface area contributed by atoms with E-state index in [0.717, 1.165) is 18.4 Å². The molecule has 0 radical (unpaired) electrons. The molecule has 2 bridgehead atoms. The minimum atomic E-state index is -1.34. The first-order valence-electron chi connectivity index (χ1n) is 7.00. The van der Waals surface area contributed by atoms with Gasteiger partial charge in [0.15, 0.2) is 0 Å². The number of rotatable bonds is 4. The van der Waals surface area contributed by atoms with E-state index in [0.29, 0.717) is 6.42 Å². The van der Waals surface area contributed by atoms with Gasteiger partial charge in [-0.15, -0.1) is 0 Å². The van der Waals surface area contributed by atoms with Crippen molar-refractivity contribution in [1.29, 1.82) is 5.26 Å². The Morgan fingerprint density at radius 1 is 1.45 bits per heavy atom. The molecule has 1 N–H and O–H groups in total. The average molecular weight is 273 g/mol. The highest BCUT2D eigenvalue weighted by atomic mass is 16.5. The minimum absolute atomic E-state index is 0.0896. The third kappa shape index (κ3) is 1.71. The average Bonchev–Trinajstić information content (AvgIpc) is 3.09. The lowest BCUT2D eigenvalue weighted by molar-refractivity contribution is -0.129. The molecular weight excluding hydrogens is 254 g/mol. The molecule has 4 unspecified atom stereocenters. The molecule has 0 saturated carbocycles. The fourth-order valence-electron chi connectivity index (χ4n) is 3.75. The maximum absolute atomic E-state index is 11.3. The molecule has 4 heteroatoms. The van der Waals surface area contributed by atoms with Gasteiger partial charge in [-0.2, -0.15) is 5.26 Å². The van der Waals surface area contributed by atoms with Crippen molar-refractivity contribution in [3.63, 3.8) is 0 Å². The predicted octanol–water partition coefficient (Wildman–Crippen LogP) is 1.98. The molecule has 0 aromatic heterocycles. The van der Waals surface area contributed by atoms with Crippen LogP contribution in [0.4, 0.5) is 0 Å². The highest BCUT2D eigenvalue weighted by molar-refractivity contribution is 5.32. The highest BCUT2D eigenvalue weighted by Gasteiger charge is 2.64. The van der Waals surface area contributed by atoms with Crippen LogP contribution in [0.15, 0.2) is 30.3 Å². The van der Waals surface area contributed by atoms with Crippen molar-refractivity contribution in [1.82, 2.24) is 0 Å². The summed E-state index contributed by atoms with van der Waals surface area (Å²) >= 11 is 0. The number of fused-ring (bicyclic) bond motifs is 2. The second kappa shape index (κ2) is 4.85. The van der Waals surface area contributed by atoms with E-state index in [1.165, 1.54) is 0 Å². The molecule has 2 saturated heterocycles. The summed E-state index contributed by atoms with van der Waals surface area (Å²) in [6.45, 7) is 0.0944. The largest absolute Gasteiger partial charge is 0.381 e. The van der Waals surface area contributed by atoms with Gasteiger partial charge in [0, 0.05) is 7.11 Å². The van der Waals surface area contributed by atoms with E-state index in [1.807, 2.05) is 30.3 Å². The molecule has 2 aliphatic heterocycles. The van der Waals surface area contributed by atoms with Crippen molar-refractivity contribution < 1.29 is 14.6 Å². The van der Waals surface area contributed by atoms with E-state index in [2.05, 4.69) is 6.07 Å². The van der Waals surface area contributed by atoms with Gasteiger partial charge in [-0.3, -0.25) is 0 Å². The maximum Gasteiger partial charge on any atom is 0.134 e. The molecule has 3 rings (SSSR count). The summed E-state index contributed by atoms with van der Waals surface area (Å²) < 4.78 is 11.1. The zero-order chi connectivity index (χ0) is 14.2. The Morgan fingerprint density at radius 3 is 2.70 bits per heavy atom. The van der Waals surface area contributed by atoms with Gasteiger partial charge in [0.2, 0.25) is 0 Å². The van der Waals surface area contributed by atoms with Crippen molar-refractivity contribution in [2.24, 2.45) is 5.41 Å². The molecule has 1 aromatic carbocycles. The first-order chi connectivity index (χ1) is 9.66. The second-order valence-corrected chi connectivity index (χ2v) is 5.77. The van der Waals surface area contributed by atoms with Crippen LogP contribution in [0.1, 0.15) is 24.8 Å². The third-order valence-corrected chi connectivity index (χ3v) is 4.75. The van der Waals surface area contributed by atoms with Crippen molar-refractivity contribution >= 4 is 0 Å². The third-order valence-electron chi connectivity index (χ3n) is 4.75. The van der Waals surface area contributed by atoms with Crippen LogP contribution in [0.2, 0.25) is 0 Å². The van der Waals surface area contributed by atoms with E-state index in [9.17, 15) is 10.4 Å². The molecule has 4 nitrogen and oxygen atoms in total. The van der Waals surface area contributed by atoms with Gasteiger partial charge in [0.05, 0.1) is 24.9 Å². The summed E-state index contributed by atoms with van der Waals surface area (Å²) in [5.41, 5.74) is -1.54. The molecule has 2 fully saturated rings. The summed E-state index contributed by atoms with van der Waals surface area (Å²) in [5, 5.41) is 21.1. The SMILES string of the molecule is COCC(O)(c1ccccc1)C1(C#N)CC2CCC1O2. The molecular formula is C16H19NO3. The molecule has 2 heterocycles. The number of hydrogen-bond donors (Lipinski definition) is 1. The Morgan fingerprint density at radius 2 is 2.20 bits per heavy atom. The standard InChI is InChI=1S/C16H19NO3/c1-19-11-16(18,12-5-3-2-4-6-12)15(10-17)9-13-7-8-14(15)20-13/h2-6,13-14,18H,7-9,11H2,1H3. The summed E-state index contributed by atoms with van der Waals surface area (Å²) in [6, 6.07) is 11.7. The van der Waals surface area contributed by atoms with Crippen LogP contribution >= 0.6 is 0 Å². The minimum Gasteiger partial charge on any atom is -0.381 e. The van der Waals surface area contributed by atoms with Crippen LogP contribution in [0.3, 0.4) is 0 Å². The summed E-state index contributed by atoms with van der Waals surface area (Å²) in [7, 11) is 1.55. The topological polar surface area (TPSA) is 62.5 Å². The van der Waals surface area contributed by atoms with Crippen LogP contribution in [0, 0.1) is 16.7 Å². The van der Waals surface area contributed by atoms with E-state index in [-0.39, 0.29) is 18.8 Å². The zero-order valence-corrected chi connectivity index (χ0v) is 11.6. The Labute approximate surface area is 118 Å². The number of nitriles is 1. The number of benzene rings is 1. The Hall–Kier alpha value is -1.41. The molecule has 4 atom stereocenters. The number of ether oxygens (including phenoxy) is 2. The van der Waals surface area contributed by atoms with Crippen molar-refractivity contribution in [2.75, 3.05) is 13.7 Å². The van der Waals surface area contributed by atoms with Crippen LogP contribution in [0.5, 0.6) is 0 Å². The van der Waals surface area contributed by atoms with Crippen LogP contribution < -0.4 is 0 Å². The van der Waals surface area contributed by atoms with Crippen LogP contribution in [-0.2, 0) is 15.1 Å². The lowest BCUT2D eigenvalue weighted by Crippen LogP contribution is -2.53. The highest BCUT2D eigenvalue weighted by Crippen LogP contribution is 2.56. The van der Waals surface area contributed by atoms with Gasteiger partial charge >= 0.3 is 0 Å². The molecule has 2 aliphatic rings. The normalized spacial score (nSPS) is 34.6. The number of nitrogens with zero attached hydrogens (tertiary/aromatic N) is 1. The molecule has 106 valence electrons. The van der Waals surface area contributed by atoms with Crippen molar-refractivity contribution in [2.45, 2.75) is 37.1 Å². The van der Waals surface area contributed by atoms with E-state index < -0.39 is 11.0 Å². The number of methoxy groups -OCH3 is 1. The van der Waals surface area contributed by atoms with E-state index >= 15 is 0 Å². The number of aliphatic hydroxyl groups is 1. The Bertz CT molecular complexity index is 526.